The van der Waals surface area contributed by atoms with E-state index in [1.807, 2.05) is 30.3 Å². The Bertz CT molecular complexity index is 1480. The summed E-state index contributed by atoms with van der Waals surface area (Å²) in [4.78, 5) is 23.9. The second kappa shape index (κ2) is 6.41. The van der Waals surface area contributed by atoms with Crippen molar-refractivity contribution in [1.82, 2.24) is 0 Å². The van der Waals surface area contributed by atoms with Gasteiger partial charge in [0.15, 0.2) is 0 Å². The minimum atomic E-state index is -1.15. The molecule has 0 aliphatic carbocycles. The van der Waals surface area contributed by atoms with Gasteiger partial charge in [0.05, 0.1) is 24.3 Å². The van der Waals surface area contributed by atoms with E-state index in [1.54, 1.807) is 12.1 Å². The topological polar surface area (TPSA) is 93.1 Å². The predicted octanol–water partition coefficient (Wildman–Crippen LogP) is 3.88. The number of hydrogen-bond donors (Lipinski definition) is 2. The highest BCUT2D eigenvalue weighted by Gasteiger charge is 2.29. The van der Waals surface area contributed by atoms with E-state index in [4.69, 9.17) is 9.31 Å². The van der Waals surface area contributed by atoms with Gasteiger partial charge in [-0.15, -0.1) is 0 Å². The summed E-state index contributed by atoms with van der Waals surface area (Å²) in [6.45, 7) is 1.09. The van der Waals surface area contributed by atoms with Crippen molar-refractivity contribution < 1.29 is 29.1 Å². The van der Waals surface area contributed by atoms with Crippen molar-refractivity contribution in [2.24, 2.45) is 0 Å². The third-order valence-corrected chi connectivity index (χ3v) is 6.15. The lowest BCUT2D eigenvalue weighted by Gasteiger charge is -2.18. The molecule has 0 aromatic heterocycles. The molecule has 0 bridgehead atoms. The largest absolute Gasteiger partial charge is 0.494 e. The second-order valence-electron chi connectivity index (χ2n) is 7.69. The van der Waals surface area contributed by atoms with Crippen LogP contribution in [0.4, 0.5) is 0 Å². The first-order valence-corrected chi connectivity index (χ1v) is 9.92. The van der Waals surface area contributed by atoms with Gasteiger partial charge < -0.3 is 19.5 Å². The van der Waals surface area contributed by atoms with Crippen LogP contribution in [0.3, 0.4) is 0 Å². The SMILES string of the molecule is O=C(O)c1ccc2c3cccc4c(B5OCCO5)ccc(c5ccc(C(=O)O)c1c25)c43. The molecule has 0 radical (unpaired) electrons. The molecule has 2 N–H and O–H groups in total. The number of fused-ring (bicyclic) bond motifs is 2. The van der Waals surface area contributed by atoms with E-state index < -0.39 is 19.1 Å². The molecule has 6 nitrogen and oxygen atoms in total. The van der Waals surface area contributed by atoms with E-state index in [0.717, 1.165) is 37.8 Å². The highest BCUT2D eigenvalue weighted by Crippen LogP contribution is 2.42. The fraction of sp³-hybridized carbons (Fsp3) is 0.0833. The van der Waals surface area contributed by atoms with Crippen LogP contribution in [0.25, 0.3) is 43.1 Å². The van der Waals surface area contributed by atoms with Crippen LogP contribution in [0.2, 0.25) is 0 Å². The van der Waals surface area contributed by atoms with Crippen LogP contribution in [-0.2, 0) is 9.31 Å². The Hall–Kier alpha value is -3.68. The molecule has 150 valence electrons. The van der Waals surface area contributed by atoms with E-state index in [2.05, 4.69) is 0 Å². The van der Waals surface area contributed by atoms with E-state index >= 15 is 0 Å². The molecule has 1 heterocycles. The zero-order chi connectivity index (χ0) is 21.3. The van der Waals surface area contributed by atoms with E-state index in [-0.39, 0.29) is 16.5 Å². The highest BCUT2D eigenvalue weighted by molar-refractivity contribution is 6.65. The third-order valence-electron chi connectivity index (χ3n) is 6.15. The standard InChI is InChI=1S/C24H15BO6/c26-23(27)17-6-4-14-12-2-1-3-16-19(25-30-10-11-31-25)9-8-13(20(12)16)15-5-7-18(24(28)29)22(17)21(14)15/h1-9H,10-11H2,(H,26,27)(H,28,29). The Labute approximate surface area is 176 Å². The van der Waals surface area contributed by atoms with Gasteiger partial charge in [-0.3, -0.25) is 0 Å². The highest BCUT2D eigenvalue weighted by atomic mass is 16.6. The van der Waals surface area contributed by atoms with Gasteiger partial charge >= 0.3 is 19.1 Å². The molecule has 0 unspecified atom stereocenters. The minimum absolute atomic E-state index is 0.0157. The average molecular weight is 410 g/mol. The Balaban J connectivity index is 1.85. The van der Waals surface area contributed by atoms with E-state index in [0.29, 0.717) is 18.6 Å². The Kier molecular flexibility index (Phi) is 3.75. The van der Waals surface area contributed by atoms with Crippen molar-refractivity contribution in [2.45, 2.75) is 0 Å². The van der Waals surface area contributed by atoms with Crippen LogP contribution in [0.1, 0.15) is 20.7 Å². The first kappa shape index (κ1) is 18.1. The van der Waals surface area contributed by atoms with Crippen molar-refractivity contribution in [3.8, 4) is 0 Å². The Morgan fingerprint density at radius 2 is 1.16 bits per heavy atom. The molecule has 5 aromatic rings. The first-order chi connectivity index (χ1) is 15.1. The number of carbonyl (C=O) groups is 2. The molecule has 0 spiro atoms. The fourth-order valence-electron chi connectivity index (χ4n) is 4.92. The normalized spacial score (nSPS) is 14.4. The van der Waals surface area contributed by atoms with Crippen LogP contribution in [0, 0.1) is 0 Å². The van der Waals surface area contributed by atoms with Crippen molar-refractivity contribution in [3.63, 3.8) is 0 Å². The van der Waals surface area contributed by atoms with Crippen LogP contribution in [-0.4, -0.2) is 42.5 Å². The van der Waals surface area contributed by atoms with Crippen molar-refractivity contribution in [1.29, 1.82) is 0 Å². The summed E-state index contributed by atoms with van der Waals surface area (Å²) in [5.74, 6) is -2.30. The lowest BCUT2D eigenvalue weighted by atomic mass is 9.74. The number of carboxylic acids is 2. The maximum atomic E-state index is 11.9. The quantitative estimate of drug-likeness (QED) is 0.267. The monoisotopic (exact) mass is 410 g/mol. The summed E-state index contributed by atoms with van der Waals surface area (Å²) in [5.41, 5.74) is 0.915. The van der Waals surface area contributed by atoms with Crippen molar-refractivity contribution in [3.05, 3.63) is 65.7 Å². The molecule has 1 fully saturated rings. The van der Waals surface area contributed by atoms with Crippen molar-refractivity contribution >= 4 is 67.6 Å². The lowest BCUT2D eigenvalue weighted by Crippen LogP contribution is -2.32. The van der Waals surface area contributed by atoms with Crippen LogP contribution in [0.5, 0.6) is 0 Å². The van der Waals surface area contributed by atoms with E-state index in [9.17, 15) is 19.8 Å². The maximum Gasteiger partial charge on any atom is 0.494 e. The Morgan fingerprint density at radius 3 is 1.77 bits per heavy atom. The number of benzene rings is 5. The third kappa shape index (κ3) is 2.41. The smallest absolute Gasteiger partial charge is 0.478 e. The molecule has 0 atom stereocenters. The van der Waals surface area contributed by atoms with E-state index in [1.165, 1.54) is 12.1 Å². The van der Waals surface area contributed by atoms with Gasteiger partial charge in [-0.1, -0.05) is 42.5 Å². The van der Waals surface area contributed by atoms with Crippen LogP contribution in [0.15, 0.2) is 54.6 Å². The number of rotatable bonds is 3. The number of hydrogen-bond acceptors (Lipinski definition) is 4. The van der Waals surface area contributed by atoms with Gasteiger partial charge in [-0.05, 0) is 55.3 Å². The summed E-state index contributed by atoms with van der Waals surface area (Å²) in [7, 11) is -0.422. The zero-order valence-corrected chi connectivity index (χ0v) is 16.2. The Morgan fingerprint density at radius 1 is 0.645 bits per heavy atom. The molecule has 0 saturated carbocycles. The second-order valence-corrected chi connectivity index (χ2v) is 7.69. The van der Waals surface area contributed by atoms with Crippen LogP contribution >= 0.6 is 0 Å². The van der Waals surface area contributed by atoms with Gasteiger partial charge in [0, 0.05) is 5.39 Å². The average Bonchev–Trinajstić information content (AvgIpc) is 3.30. The molecule has 31 heavy (non-hydrogen) atoms. The molecule has 0 amide bonds. The molecular formula is C24H15BO6. The van der Waals surface area contributed by atoms with Gasteiger partial charge in [0.1, 0.15) is 0 Å². The molecule has 1 aliphatic rings. The summed E-state index contributed by atoms with van der Waals surface area (Å²) >= 11 is 0. The van der Waals surface area contributed by atoms with Gasteiger partial charge in [-0.25, -0.2) is 9.59 Å². The number of aromatic carboxylic acids is 2. The lowest BCUT2D eigenvalue weighted by molar-refractivity contribution is 0.0695. The fourth-order valence-corrected chi connectivity index (χ4v) is 4.92. The maximum absolute atomic E-state index is 11.9. The predicted molar refractivity (Wildman–Crippen MR) is 119 cm³/mol. The summed E-state index contributed by atoms with van der Waals surface area (Å²) in [6.07, 6.45) is 0. The molecule has 6 rings (SSSR count). The summed E-state index contributed by atoms with van der Waals surface area (Å²) < 4.78 is 11.5. The molecule has 1 saturated heterocycles. The van der Waals surface area contributed by atoms with Crippen LogP contribution < -0.4 is 5.46 Å². The molecule has 7 heteroatoms. The summed E-state index contributed by atoms with van der Waals surface area (Å²) in [5, 5.41) is 25.9. The molecule has 1 aliphatic heterocycles. The molecule has 5 aromatic carbocycles. The van der Waals surface area contributed by atoms with Gasteiger partial charge in [0.2, 0.25) is 0 Å². The minimum Gasteiger partial charge on any atom is -0.478 e. The van der Waals surface area contributed by atoms with Crippen molar-refractivity contribution in [2.75, 3.05) is 13.2 Å². The first-order valence-electron chi connectivity index (χ1n) is 9.92. The summed E-state index contributed by atoms with van der Waals surface area (Å²) in [6, 6.07) is 16.4. The molecular weight excluding hydrogens is 395 g/mol. The number of carboxylic acid groups (broad SMARTS) is 2. The van der Waals surface area contributed by atoms with Gasteiger partial charge in [0.25, 0.3) is 0 Å². The zero-order valence-electron chi connectivity index (χ0n) is 16.2. The van der Waals surface area contributed by atoms with Gasteiger partial charge in [-0.2, -0.15) is 0 Å².